The molecule has 1 unspecified atom stereocenters. The number of rotatable bonds is 7. The van der Waals surface area contributed by atoms with Crippen LogP contribution >= 0.6 is 0 Å². The number of likely N-dealkylation sites (N-methyl/N-ethyl adjacent to an activating group) is 1. The zero-order valence-corrected chi connectivity index (χ0v) is 12.1. The molecule has 1 N–H and O–H groups in total. The number of aryl methyl sites for hydroxylation is 1. The molecule has 0 bridgehead atoms. The van der Waals surface area contributed by atoms with E-state index in [1.807, 2.05) is 6.92 Å². The third-order valence-corrected chi connectivity index (χ3v) is 3.25. The largest absolute Gasteiger partial charge is 0.381 e. The molecule has 0 aliphatic rings. The molecule has 1 rings (SSSR count). The van der Waals surface area contributed by atoms with Gasteiger partial charge in [0.2, 0.25) is 0 Å². The Morgan fingerprint density at radius 2 is 2.00 bits per heavy atom. The molecule has 0 aliphatic carbocycles. The molecule has 5 heteroatoms. The highest BCUT2D eigenvalue weighted by Crippen LogP contribution is 2.21. The fraction of sp³-hybridized carbons (Fsp3) is 0.571. The first kappa shape index (κ1) is 15.4. The van der Waals surface area contributed by atoms with E-state index < -0.39 is 0 Å². The highest BCUT2D eigenvalue weighted by atomic mass is 16.6. The van der Waals surface area contributed by atoms with Gasteiger partial charge in [0.25, 0.3) is 5.69 Å². The van der Waals surface area contributed by atoms with Gasteiger partial charge in [-0.1, -0.05) is 13.8 Å². The first-order valence-electron chi connectivity index (χ1n) is 6.71. The van der Waals surface area contributed by atoms with Gasteiger partial charge in [-0.15, -0.1) is 0 Å². The summed E-state index contributed by atoms with van der Waals surface area (Å²) in [6.07, 6.45) is 0. The molecule has 0 saturated heterocycles. The Hall–Kier alpha value is -1.62. The van der Waals surface area contributed by atoms with E-state index in [1.54, 1.807) is 18.2 Å². The Labute approximate surface area is 114 Å². The van der Waals surface area contributed by atoms with Gasteiger partial charge in [-0.05, 0) is 38.6 Å². The zero-order valence-electron chi connectivity index (χ0n) is 12.1. The second-order valence-electron chi connectivity index (χ2n) is 4.79. The van der Waals surface area contributed by atoms with Crippen LogP contribution in [0.25, 0.3) is 0 Å². The number of nitrogens with one attached hydrogen (secondary N) is 1. The minimum atomic E-state index is -0.365. The lowest BCUT2D eigenvalue weighted by atomic mass is 10.1. The van der Waals surface area contributed by atoms with Crippen molar-refractivity contribution in [3.05, 3.63) is 33.9 Å². The molecule has 0 heterocycles. The number of nitrogens with zero attached hydrogens (tertiary/aromatic N) is 2. The number of hydrogen-bond donors (Lipinski definition) is 1. The Morgan fingerprint density at radius 1 is 1.37 bits per heavy atom. The van der Waals surface area contributed by atoms with Gasteiger partial charge in [0.05, 0.1) is 4.92 Å². The van der Waals surface area contributed by atoms with Crippen molar-refractivity contribution in [2.45, 2.75) is 33.7 Å². The molecule has 1 atom stereocenters. The number of nitro benzene ring substituents is 1. The Morgan fingerprint density at radius 3 is 2.47 bits per heavy atom. The standard InChI is InChI=1S/C14H23N3O2/c1-5-16(6-2)10-12(4)15-14-8-7-13(17(18)19)9-11(14)3/h7-9,12,15H,5-6,10H2,1-4H3. The Kier molecular flexibility index (Phi) is 5.76. The van der Waals surface area contributed by atoms with Gasteiger partial charge >= 0.3 is 0 Å². The Bertz CT molecular complexity index is 431. The molecular weight excluding hydrogens is 242 g/mol. The van der Waals surface area contributed by atoms with Gasteiger partial charge in [0, 0.05) is 30.4 Å². The second-order valence-corrected chi connectivity index (χ2v) is 4.79. The van der Waals surface area contributed by atoms with E-state index in [9.17, 15) is 10.1 Å². The van der Waals surface area contributed by atoms with Gasteiger partial charge in [-0.2, -0.15) is 0 Å². The molecule has 0 aliphatic heterocycles. The van der Waals surface area contributed by atoms with E-state index in [4.69, 9.17) is 0 Å². The van der Waals surface area contributed by atoms with Crippen molar-refractivity contribution in [2.24, 2.45) is 0 Å². The number of anilines is 1. The van der Waals surface area contributed by atoms with Crippen LogP contribution in [-0.2, 0) is 0 Å². The minimum Gasteiger partial charge on any atom is -0.381 e. The van der Waals surface area contributed by atoms with Crippen LogP contribution in [0.1, 0.15) is 26.3 Å². The molecule has 0 fully saturated rings. The summed E-state index contributed by atoms with van der Waals surface area (Å²) in [7, 11) is 0. The molecule has 0 spiro atoms. The highest BCUT2D eigenvalue weighted by molar-refractivity contribution is 5.55. The average Bonchev–Trinajstić information content (AvgIpc) is 2.38. The summed E-state index contributed by atoms with van der Waals surface area (Å²) in [5.74, 6) is 0. The van der Waals surface area contributed by atoms with E-state index >= 15 is 0 Å². The SMILES string of the molecule is CCN(CC)CC(C)Nc1ccc([N+](=O)[O-])cc1C. The molecular formula is C14H23N3O2. The van der Waals surface area contributed by atoms with Crippen molar-refractivity contribution in [1.29, 1.82) is 0 Å². The summed E-state index contributed by atoms with van der Waals surface area (Å²) in [6.45, 7) is 11.3. The molecule has 19 heavy (non-hydrogen) atoms. The van der Waals surface area contributed by atoms with Crippen molar-refractivity contribution in [3.8, 4) is 0 Å². The Balaban J connectivity index is 2.69. The van der Waals surface area contributed by atoms with E-state index in [-0.39, 0.29) is 10.6 Å². The highest BCUT2D eigenvalue weighted by Gasteiger charge is 2.11. The summed E-state index contributed by atoms with van der Waals surface area (Å²) in [5.41, 5.74) is 2.00. The van der Waals surface area contributed by atoms with Gasteiger partial charge < -0.3 is 10.2 Å². The first-order chi connectivity index (χ1) is 8.97. The maximum Gasteiger partial charge on any atom is 0.269 e. The molecule has 0 radical (unpaired) electrons. The molecule has 5 nitrogen and oxygen atoms in total. The predicted molar refractivity (Wildman–Crippen MR) is 78.7 cm³/mol. The second kappa shape index (κ2) is 7.09. The van der Waals surface area contributed by atoms with Crippen LogP contribution < -0.4 is 5.32 Å². The summed E-state index contributed by atoms with van der Waals surface area (Å²) in [4.78, 5) is 12.7. The van der Waals surface area contributed by atoms with Crippen molar-refractivity contribution >= 4 is 11.4 Å². The lowest BCUT2D eigenvalue weighted by molar-refractivity contribution is -0.384. The topological polar surface area (TPSA) is 58.4 Å². The average molecular weight is 265 g/mol. The normalized spacial score (nSPS) is 12.5. The summed E-state index contributed by atoms with van der Waals surface area (Å²) in [5, 5.41) is 14.1. The van der Waals surface area contributed by atoms with Crippen LogP contribution in [-0.4, -0.2) is 35.5 Å². The van der Waals surface area contributed by atoms with Crippen LogP contribution in [0.5, 0.6) is 0 Å². The van der Waals surface area contributed by atoms with E-state index in [0.717, 1.165) is 30.9 Å². The lowest BCUT2D eigenvalue weighted by Crippen LogP contribution is -2.34. The van der Waals surface area contributed by atoms with Crippen LogP contribution in [0.4, 0.5) is 11.4 Å². The lowest BCUT2D eigenvalue weighted by Gasteiger charge is -2.24. The quantitative estimate of drug-likeness (QED) is 0.608. The maximum atomic E-state index is 10.7. The molecule has 0 aromatic heterocycles. The molecule has 1 aromatic carbocycles. The molecule has 0 saturated carbocycles. The number of benzene rings is 1. The molecule has 1 aromatic rings. The smallest absolute Gasteiger partial charge is 0.269 e. The van der Waals surface area contributed by atoms with Crippen molar-refractivity contribution in [3.63, 3.8) is 0 Å². The van der Waals surface area contributed by atoms with Crippen LogP contribution in [0.2, 0.25) is 0 Å². The van der Waals surface area contributed by atoms with Gasteiger partial charge in [-0.3, -0.25) is 10.1 Å². The number of non-ortho nitro benzene ring substituents is 1. The predicted octanol–water partition coefficient (Wildman–Crippen LogP) is 3.05. The van der Waals surface area contributed by atoms with Crippen molar-refractivity contribution in [2.75, 3.05) is 25.0 Å². The minimum absolute atomic E-state index is 0.138. The summed E-state index contributed by atoms with van der Waals surface area (Å²) < 4.78 is 0. The number of nitro groups is 1. The van der Waals surface area contributed by atoms with E-state index in [0.29, 0.717) is 6.04 Å². The van der Waals surface area contributed by atoms with E-state index in [2.05, 4.69) is 31.0 Å². The molecule has 106 valence electrons. The number of hydrogen-bond acceptors (Lipinski definition) is 4. The van der Waals surface area contributed by atoms with E-state index in [1.165, 1.54) is 0 Å². The van der Waals surface area contributed by atoms with Gasteiger partial charge in [-0.25, -0.2) is 0 Å². The van der Waals surface area contributed by atoms with Crippen LogP contribution in [0.15, 0.2) is 18.2 Å². The third-order valence-electron chi connectivity index (χ3n) is 3.25. The van der Waals surface area contributed by atoms with Crippen molar-refractivity contribution < 1.29 is 4.92 Å². The van der Waals surface area contributed by atoms with Gasteiger partial charge in [0.15, 0.2) is 0 Å². The van der Waals surface area contributed by atoms with Crippen LogP contribution in [0, 0.1) is 17.0 Å². The fourth-order valence-electron chi connectivity index (χ4n) is 2.10. The zero-order chi connectivity index (χ0) is 14.4. The maximum absolute atomic E-state index is 10.7. The van der Waals surface area contributed by atoms with Crippen LogP contribution in [0.3, 0.4) is 0 Å². The first-order valence-corrected chi connectivity index (χ1v) is 6.71. The summed E-state index contributed by atoms with van der Waals surface area (Å²) in [6, 6.07) is 5.23. The van der Waals surface area contributed by atoms with Crippen molar-refractivity contribution in [1.82, 2.24) is 4.90 Å². The third kappa shape index (κ3) is 4.52. The van der Waals surface area contributed by atoms with Gasteiger partial charge in [0.1, 0.15) is 0 Å². The monoisotopic (exact) mass is 265 g/mol. The summed E-state index contributed by atoms with van der Waals surface area (Å²) >= 11 is 0. The molecule has 0 amide bonds. The fourth-order valence-corrected chi connectivity index (χ4v) is 2.10.